The largest absolute Gasteiger partial charge is 0.488 e. The average Bonchev–Trinajstić information content (AvgIpc) is 2.56. The molecule has 0 bridgehead atoms. The van der Waals surface area contributed by atoms with Crippen LogP contribution in [0.4, 0.5) is 0 Å². The summed E-state index contributed by atoms with van der Waals surface area (Å²) in [5, 5.41) is 12.1. The topological polar surface area (TPSA) is 88.8 Å². The molecule has 2 rings (SSSR count). The molecule has 2 aromatic rings. The van der Waals surface area contributed by atoms with E-state index in [9.17, 15) is 9.59 Å². The molecule has 2 N–H and O–H groups in total. The summed E-state index contributed by atoms with van der Waals surface area (Å²) in [6.07, 6.45) is 0.387. The number of hydrogen-bond donors (Lipinski definition) is 2. The summed E-state index contributed by atoms with van der Waals surface area (Å²) in [5.41, 5.74) is 2.68. The minimum Gasteiger partial charge on any atom is -0.488 e. The highest BCUT2D eigenvalue weighted by Gasteiger charge is 2.18. The van der Waals surface area contributed by atoms with Crippen LogP contribution >= 0.6 is 0 Å². The van der Waals surface area contributed by atoms with Gasteiger partial charge >= 0.3 is 5.63 Å². The molecule has 26 heavy (non-hydrogen) atoms. The van der Waals surface area contributed by atoms with Gasteiger partial charge in [-0.25, -0.2) is 4.79 Å². The summed E-state index contributed by atoms with van der Waals surface area (Å²) in [6, 6.07) is 3.66. The molecular formula is C20H25NO5. The minimum absolute atomic E-state index is 0.000190. The molecule has 0 atom stereocenters. The third-order valence-corrected chi connectivity index (χ3v) is 3.96. The monoisotopic (exact) mass is 359 g/mol. The van der Waals surface area contributed by atoms with Gasteiger partial charge < -0.3 is 19.6 Å². The summed E-state index contributed by atoms with van der Waals surface area (Å²) >= 11 is 0. The first-order valence-corrected chi connectivity index (χ1v) is 8.55. The van der Waals surface area contributed by atoms with Crippen LogP contribution in [0.3, 0.4) is 0 Å². The van der Waals surface area contributed by atoms with Gasteiger partial charge in [0.1, 0.15) is 17.9 Å². The van der Waals surface area contributed by atoms with Gasteiger partial charge in [0.15, 0.2) is 0 Å². The summed E-state index contributed by atoms with van der Waals surface area (Å²) in [4.78, 5) is 24.4. The molecule has 0 aliphatic carbocycles. The van der Waals surface area contributed by atoms with E-state index in [4.69, 9.17) is 14.3 Å². The van der Waals surface area contributed by atoms with Gasteiger partial charge in [0.05, 0.1) is 17.4 Å². The van der Waals surface area contributed by atoms with Gasteiger partial charge in [-0.15, -0.1) is 0 Å². The molecule has 0 radical (unpaired) electrons. The number of nitrogens with one attached hydrogen (secondary N) is 1. The fourth-order valence-electron chi connectivity index (χ4n) is 2.69. The van der Waals surface area contributed by atoms with Gasteiger partial charge in [0.2, 0.25) is 5.91 Å². The number of carbonyl (C=O) groups excluding carboxylic acids is 1. The number of fused-ring (bicyclic) bond motifs is 1. The molecule has 1 aromatic heterocycles. The third-order valence-electron chi connectivity index (χ3n) is 3.96. The molecule has 0 saturated carbocycles. The Kier molecular flexibility index (Phi) is 6.58. The first kappa shape index (κ1) is 19.7. The van der Waals surface area contributed by atoms with Crippen molar-refractivity contribution in [3.8, 4) is 5.75 Å². The first-order chi connectivity index (χ1) is 12.3. The fraction of sp³-hybridized carbons (Fsp3) is 0.400. The van der Waals surface area contributed by atoms with Crippen molar-refractivity contribution in [3.63, 3.8) is 0 Å². The number of amides is 1. The molecular weight excluding hydrogens is 334 g/mol. The second-order valence-electron chi connectivity index (χ2n) is 6.48. The predicted octanol–water partition coefficient (Wildman–Crippen LogP) is 2.41. The molecule has 0 fully saturated rings. The van der Waals surface area contributed by atoms with Gasteiger partial charge in [-0.05, 0) is 56.0 Å². The highest BCUT2D eigenvalue weighted by atomic mass is 16.5. The van der Waals surface area contributed by atoms with E-state index < -0.39 is 5.63 Å². The van der Waals surface area contributed by atoms with Gasteiger partial charge in [-0.2, -0.15) is 0 Å². The van der Waals surface area contributed by atoms with E-state index in [0.717, 1.165) is 11.1 Å². The SMILES string of the molecule is C=C(C)COc1cc(C)cc2oc(=O)c(CC(=O)NCCCO)c(C)c12. The summed E-state index contributed by atoms with van der Waals surface area (Å²) in [6.45, 7) is 10.1. The molecule has 0 aliphatic heterocycles. The van der Waals surface area contributed by atoms with Crippen molar-refractivity contribution < 1.29 is 19.1 Å². The van der Waals surface area contributed by atoms with Crippen LogP contribution in [0.2, 0.25) is 0 Å². The van der Waals surface area contributed by atoms with Crippen molar-refractivity contribution >= 4 is 16.9 Å². The Morgan fingerprint density at radius 1 is 1.35 bits per heavy atom. The molecule has 0 aliphatic rings. The lowest BCUT2D eigenvalue weighted by Crippen LogP contribution is -2.29. The molecule has 1 aromatic carbocycles. The Bertz CT molecular complexity index is 882. The zero-order chi connectivity index (χ0) is 19.3. The minimum atomic E-state index is -0.524. The summed E-state index contributed by atoms with van der Waals surface area (Å²) < 4.78 is 11.3. The number of carbonyl (C=O) groups is 1. The molecule has 6 nitrogen and oxygen atoms in total. The third kappa shape index (κ3) is 4.73. The number of hydrogen-bond acceptors (Lipinski definition) is 5. The van der Waals surface area contributed by atoms with Crippen LogP contribution in [0.1, 0.15) is 30.0 Å². The normalized spacial score (nSPS) is 10.8. The molecule has 0 saturated heterocycles. The van der Waals surface area contributed by atoms with E-state index in [1.807, 2.05) is 19.9 Å². The maximum Gasteiger partial charge on any atom is 0.340 e. The number of aliphatic hydroxyl groups excluding tert-OH is 1. The van der Waals surface area contributed by atoms with Gasteiger partial charge in [0, 0.05) is 13.2 Å². The number of ether oxygens (including phenoxy) is 1. The number of rotatable bonds is 8. The van der Waals surface area contributed by atoms with Crippen LogP contribution in [0.5, 0.6) is 5.75 Å². The molecule has 0 unspecified atom stereocenters. The Morgan fingerprint density at radius 2 is 2.08 bits per heavy atom. The highest BCUT2D eigenvalue weighted by Crippen LogP contribution is 2.31. The van der Waals surface area contributed by atoms with E-state index in [-0.39, 0.29) is 18.9 Å². The second kappa shape index (κ2) is 8.67. The smallest absolute Gasteiger partial charge is 0.340 e. The van der Waals surface area contributed by atoms with E-state index in [1.165, 1.54) is 0 Å². The molecule has 1 amide bonds. The maximum absolute atomic E-state index is 12.4. The van der Waals surface area contributed by atoms with E-state index >= 15 is 0 Å². The lowest BCUT2D eigenvalue weighted by molar-refractivity contribution is -0.120. The van der Waals surface area contributed by atoms with Crippen LogP contribution in [0, 0.1) is 13.8 Å². The molecule has 1 heterocycles. The highest BCUT2D eigenvalue weighted by molar-refractivity contribution is 5.89. The van der Waals surface area contributed by atoms with Crippen molar-refractivity contribution in [2.24, 2.45) is 0 Å². The van der Waals surface area contributed by atoms with Crippen LogP contribution in [0.15, 0.2) is 33.5 Å². The van der Waals surface area contributed by atoms with E-state index in [2.05, 4.69) is 11.9 Å². The molecule has 6 heteroatoms. The van der Waals surface area contributed by atoms with Crippen LogP contribution in [-0.2, 0) is 11.2 Å². The summed E-state index contributed by atoms with van der Waals surface area (Å²) in [7, 11) is 0. The van der Waals surface area contributed by atoms with Crippen molar-refractivity contribution in [1.29, 1.82) is 0 Å². The van der Waals surface area contributed by atoms with Gasteiger partial charge in [-0.1, -0.05) is 6.58 Å². The van der Waals surface area contributed by atoms with Gasteiger partial charge in [-0.3, -0.25) is 4.79 Å². The van der Waals surface area contributed by atoms with Crippen molar-refractivity contribution in [1.82, 2.24) is 5.32 Å². The number of aryl methyl sites for hydroxylation is 2. The lowest BCUT2D eigenvalue weighted by atomic mass is 10.0. The van der Waals surface area contributed by atoms with E-state index in [0.29, 0.717) is 47.4 Å². The molecule has 0 spiro atoms. The summed E-state index contributed by atoms with van der Waals surface area (Å²) in [5.74, 6) is 0.316. The quantitative estimate of drug-likeness (QED) is 0.429. The van der Waals surface area contributed by atoms with Crippen molar-refractivity contribution in [2.75, 3.05) is 19.8 Å². The lowest BCUT2D eigenvalue weighted by Gasteiger charge is -2.14. The van der Waals surface area contributed by atoms with Crippen LogP contribution in [-0.4, -0.2) is 30.8 Å². The van der Waals surface area contributed by atoms with Gasteiger partial charge in [0.25, 0.3) is 0 Å². The average molecular weight is 359 g/mol. The Hall–Kier alpha value is -2.60. The van der Waals surface area contributed by atoms with Crippen LogP contribution < -0.4 is 15.7 Å². The van der Waals surface area contributed by atoms with Crippen LogP contribution in [0.25, 0.3) is 11.0 Å². The van der Waals surface area contributed by atoms with E-state index in [1.54, 1.807) is 13.0 Å². The second-order valence-corrected chi connectivity index (χ2v) is 6.48. The van der Waals surface area contributed by atoms with Crippen molar-refractivity contribution in [3.05, 3.63) is 51.4 Å². The Morgan fingerprint density at radius 3 is 2.73 bits per heavy atom. The number of benzene rings is 1. The van der Waals surface area contributed by atoms with Crippen molar-refractivity contribution in [2.45, 2.75) is 33.6 Å². The zero-order valence-corrected chi connectivity index (χ0v) is 15.5. The molecule has 140 valence electrons. The standard InChI is InChI=1S/C20H25NO5/c1-12(2)11-25-16-8-13(3)9-17-19(16)14(4)15(20(24)26-17)10-18(23)21-6-5-7-22/h8-9,22H,1,5-7,10-11H2,2-4H3,(H,21,23). The predicted molar refractivity (Wildman–Crippen MR) is 101 cm³/mol. The fourth-order valence-corrected chi connectivity index (χ4v) is 2.69. The Labute approximate surface area is 152 Å². The first-order valence-electron chi connectivity index (χ1n) is 8.55. The Balaban J connectivity index is 2.44. The number of aliphatic hydroxyl groups is 1. The zero-order valence-electron chi connectivity index (χ0n) is 15.5. The maximum atomic E-state index is 12.4.